The van der Waals surface area contributed by atoms with Crippen molar-refractivity contribution in [2.24, 2.45) is 5.73 Å². The molecule has 0 radical (unpaired) electrons. The molecule has 1 amide bonds. The van der Waals surface area contributed by atoms with Gasteiger partial charge in [-0.1, -0.05) is 11.6 Å². The minimum absolute atomic E-state index is 0. The highest BCUT2D eigenvalue weighted by Gasteiger charge is 2.12. The average molecular weight is 293 g/mol. The van der Waals surface area contributed by atoms with Crippen molar-refractivity contribution in [2.75, 3.05) is 13.7 Å². The lowest BCUT2D eigenvalue weighted by Crippen LogP contribution is -2.29. The van der Waals surface area contributed by atoms with Crippen molar-refractivity contribution >= 4 is 29.9 Å². The molecule has 1 aromatic rings. The molecule has 0 saturated heterocycles. The standard InChI is InChI=1S/C12H17ClN2O2.ClH/c1-8(14)5-6-15-12(16)10-4-3-9(13)7-11(10)17-2;/h3-4,7-8H,5-6,14H2,1-2H3,(H,15,16);1H. The molecule has 0 bridgehead atoms. The second-order valence-electron chi connectivity index (χ2n) is 3.87. The largest absolute Gasteiger partial charge is 0.496 e. The van der Waals surface area contributed by atoms with Gasteiger partial charge in [-0.25, -0.2) is 0 Å². The van der Waals surface area contributed by atoms with Gasteiger partial charge in [-0.05, 0) is 31.5 Å². The van der Waals surface area contributed by atoms with Gasteiger partial charge in [0, 0.05) is 17.6 Å². The molecular weight excluding hydrogens is 275 g/mol. The fraction of sp³-hybridized carbons (Fsp3) is 0.417. The summed E-state index contributed by atoms with van der Waals surface area (Å²) in [5.74, 6) is 0.287. The van der Waals surface area contributed by atoms with Gasteiger partial charge in [0.1, 0.15) is 5.75 Å². The van der Waals surface area contributed by atoms with Crippen molar-refractivity contribution in [3.8, 4) is 5.75 Å². The van der Waals surface area contributed by atoms with Gasteiger partial charge in [0.15, 0.2) is 0 Å². The molecule has 0 saturated carbocycles. The van der Waals surface area contributed by atoms with Crippen LogP contribution in [0.2, 0.25) is 5.02 Å². The lowest BCUT2D eigenvalue weighted by molar-refractivity contribution is 0.0950. The van der Waals surface area contributed by atoms with Crippen LogP contribution in [0.3, 0.4) is 0 Å². The number of rotatable bonds is 5. The maximum Gasteiger partial charge on any atom is 0.255 e. The predicted octanol–water partition coefficient (Wildman–Crippen LogP) is 2.24. The van der Waals surface area contributed by atoms with Gasteiger partial charge in [-0.15, -0.1) is 12.4 Å². The van der Waals surface area contributed by atoms with Gasteiger partial charge in [-0.3, -0.25) is 4.79 Å². The molecule has 0 aromatic heterocycles. The molecular formula is C12H18Cl2N2O2. The van der Waals surface area contributed by atoms with Gasteiger partial charge < -0.3 is 15.8 Å². The molecule has 6 heteroatoms. The maximum atomic E-state index is 11.8. The third-order valence-corrected chi connectivity index (χ3v) is 2.53. The fourth-order valence-corrected chi connectivity index (χ4v) is 1.52. The van der Waals surface area contributed by atoms with Crippen LogP contribution in [-0.4, -0.2) is 25.6 Å². The van der Waals surface area contributed by atoms with Crippen LogP contribution in [0.1, 0.15) is 23.7 Å². The highest BCUT2D eigenvalue weighted by atomic mass is 35.5. The first-order valence-electron chi connectivity index (χ1n) is 5.42. The van der Waals surface area contributed by atoms with Crippen LogP contribution in [0.25, 0.3) is 0 Å². The Kier molecular flexibility index (Phi) is 7.75. The predicted molar refractivity (Wildman–Crippen MR) is 75.9 cm³/mol. The number of halogens is 2. The number of methoxy groups -OCH3 is 1. The molecule has 1 unspecified atom stereocenters. The molecule has 4 nitrogen and oxygen atoms in total. The minimum atomic E-state index is -0.181. The van der Waals surface area contributed by atoms with E-state index in [0.29, 0.717) is 22.9 Å². The van der Waals surface area contributed by atoms with Crippen LogP contribution in [0.5, 0.6) is 5.75 Å². The van der Waals surface area contributed by atoms with Gasteiger partial charge in [0.25, 0.3) is 5.91 Å². The zero-order chi connectivity index (χ0) is 12.8. The van der Waals surface area contributed by atoms with Crippen molar-refractivity contribution in [3.05, 3.63) is 28.8 Å². The summed E-state index contributed by atoms with van der Waals surface area (Å²) in [5, 5.41) is 3.32. The van der Waals surface area contributed by atoms with Crippen molar-refractivity contribution in [2.45, 2.75) is 19.4 Å². The molecule has 102 valence electrons. The molecule has 0 aliphatic rings. The summed E-state index contributed by atoms with van der Waals surface area (Å²) in [4.78, 5) is 11.8. The topological polar surface area (TPSA) is 64.3 Å². The number of carbonyl (C=O) groups is 1. The zero-order valence-corrected chi connectivity index (χ0v) is 12.0. The highest BCUT2D eigenvalue weighted by molar-refractivity contribution is 6.30. The number of hydrogen-bond acceptors (Lipinski definition) is 3. The molecule has 0 heterocycles. The molecule has 0 spiro atoms. The van der Waals surface area contributed by atoms with Gasteiger partial charge in [0.05, 0.1) is 12.7 Å². The maximum absolute atomic E-state index is 11.8. The number of carbonyl (C=O) groups excluding carboxylic acids is 1. The normalized spacial score (nSPS) is 11.3. The second-order valence-corrected chi connectivity index (χ2v) is 4.30. The first-order chi connectivity index (χ1) is 8.04. The summed E-state index contributed by atoms with van der Waals surface area (Å²) in [5.41, 5.74) is 6.07. The lowest BCUT2D eigenvalue weighted by Gasteiger charge is -2.10. The Morgan fingerprint density at radius 2 is 2.22 bits per heavy atom. The molecule has 1 rings (SSSR count). The van der Waals surface area contributed by atoms with Crippen LogP contribution in [0, 0.1) is 0 Å². The Morgan fingerprint density at radius 1 is 1.56 bits per heavy atom. The summed E-state index contributed by atoms with van der Waals surface area (Å²) in [6.07, 6.45) is 0.738. The van der Waals surface area contributed by atoms with Crippen LogP contribution in [0.4, 0.5) is 0 Å². The van der Waals surface area contributed by atoms with E-state index < -0.39 is 0 Å². The quantitative estimate of drug-likeness (QED) is 0.875. The molecule has 18 heavy (non-hydrogen) atoms. The molecule has 0 fully saturated rings. The van der Waals surface area contributed by atoms with Crippen molar-refractivity contribution in [1.82, 2.24) is 5.32 Å². The minimum Gasteiger partial charge on any atom is -0.496 e. The molecule has 1 atom stereocenters. The average Bonchev–Trinajstić information content (AvgIpc) is 2.28. The third-order valence-electron chi connectivity index (χ3n) is 2.29. The monoisotopic (exact) mass is 292 g/mol. The molecule has 0 aliphatic heterocycles. The Morgan fingerprint density at radius 3 is 2.78 bits per heavy atom. The van der Waals surface area contributed by atoms with E-state index in [2.05, 4.69) is 5.32 Å². The number of benzene rings is 1. The smallest absolute Gasteiger partial charge is 0.255 e. The first-order valence-corrected chi connectivity index (χ1v) is 5.79. The second kappa shape index (κ2) is 8.19. The van der Waals surface area contributed by atoms with Gasteiger partial charge in [0.2, 0.25) is 0 Å². The first kappa shape index (κ1) is 17.0. The summed E-state index contributed by atoms with van der Waals surface area (Å²) in [7, 11) is 1.50. The fourth-order valence-electron chi connectivity index (χ4n) is 1.36. The van der Waals surface area contributed by atoms with Gasteiger partial charge >= 0.3 is 0 Å². The van der Waals surface area contributed by atoms with E-state index in [1.165, 1.54) is 7.11 Å². The van der Waals surface area contributed by atoms with Crippen LogP contribution in [-0.2, 0) is 0 Å². The number of nitrogens with one attached hydrogen (secondary N) is 1. The number of nitrogens with two attached hydrogens (primary N) is 1. The lowest BCUT2D eigenvalue weighted by atomic mass is 10.2. The van der Waals surface area contributed by atoms with Gasteiger partial charge in [-0.2, -0.15) is 0 Å². The Hall–Kier alpha value is -0.970. The third kappa shape index (κ3) is 5.12. The highest BCUT2D eigenvalue weighted by Crippen LogP contribution is 2.22. The number of hydrogen-bond donors (Lipinski definition) is 2. The summed E-state index contributed by atoms with van der Waals surface area (Å²) >= 11 is 5.82. The summed E-state index contributed by atoms with van der Waals surface area (Å²) < 4.78 is 5.10. The van der Waals surface area contributed by atoms with Crippen molar-refractivity contribution in [3.63, 3.8) is 0 Å². The van der Waals surface area contributed by atoms with E-state index in [1.807, 2.05) is 6.92 Å². The van der Waals surface area contributed by atoms with E-state index in [9.17, 15) is 4.79 Å². The molecule has 1 aromatic carbocycles. The van der Waals surface area contributed by atoms with Crippen molar-refractivity contribution < 1.29 is 9.53 Å². The number of ether oxygens (including phenoxy) is 1. The van der Waals surface area contributed by atoms with Crippen LogP contribution >= 0.6 is 24.0 Å². The van der Waals surface area contributed by atoms with E-state index in [1.54, 1.807) is 18.2 Å². The molecule has 3 N–H and O–H groups in total. The Bertz CT molecular complexity index is 398. The number of amides is 1. The van der Waals surface area contributed by atoms with Crippen LogP contribution in [0.15, 0.2) is 18.2 Å². The Labute approximate surface area is 118 Å². The van der Waals surface area contributed by atoms with E-state index >= 15 is 0 Å². The van der Waals surface area contributed by atoms with E-state index in [4.69, 9.17) is 22.1 Å². The zero-order valence-electron chi connectivity index (χ0n) is 10.4. The van der Waals surface area contributed by atoms with E-state index in [0.717, 1.165) is 6.42 Å². The van der Waals surface area contributed by atoms with Crippen molar-refractivity contribution in [1.29, 1.82) is 0 Å². The molecule has 0 aliphatic carbocycles. The summed E-state index contributed by atoms with van der Waals surface area (Å²) in [6.45, 7) is 2.44. The summed E-state index contributed by atoms with van der Waals surface area (Å²) in [6, 6.07) is 4.98. The SMILES string of the molecule is COc1cc(Cl)ccc1C(=O)NCCC(C)N.Cl. The van der Waals surface area contributed by atoms with E-state index in [-0.39, 0.29) is 24.4 Å². The Balaban J connectivity index is 0.00000289. The van der Waals surface area contributed by atoms with Crippen LogP contribution < -0.4 is 15.8 Å².